The standard InChI is InChI=1S/C15H20ClN3/c1-4-17-14(15-18-8-9-19(15)5-2)12-7-6-11(3)10-13(12)16/h6-10,14,17H,4-5H2,1-3H3. The lowest BCUT2D eigenvalue weighted by Crippen LogP contribution is -2.25. The van der Waals surface area contributed by atoms with Crippen LogP contribution in [0.5, 0.6) is 0 Å². The lowest BCUT2D eigenvalue weighted by atomic mass is 10.0. The molecule has 0 bridgehead atoms. The van der Waals surface area contributed by atoms with Crippen molar-refractivity contribution in [3.63, 3.8) is 0 Å². The van der Waals surface area contributed by atoms with E-state index in [1.54, 1.807) is 0 Å². The Morgan fingerprint density at radius 1 is 1.37 bits per heavy atom. The van der Waals surface area contributed by atoms with E-state index in [9.17, 15) is 0 Å². The molecule has 1 unspecified atom stereocenters. The number of imidazole rings is 1. The number of benzene rings is 1. The van der Waals surface area contributed by atoms with Gasteiger partial charge in [-0.3, -0.25) is 0 Å². The first-order chi connectivity index (χ1) is 9.17. The highest BCUT2D eigenvalue weighted by Crippen LogP contribution is 2.28. The molecule has 0 radical (unpaired) electrons. The second-order valence-corrected chi connectivity index (χ2v) is 4.99. The van der Waals surface area contributed by atoms with E-state index < -0.39 is 0 Å². The lowest BCUT2D eigenvalue weighted by molar-refractivity contribution is 0.559. The summed E-state index contributed by atoms with van der Waals surface area (Å²) in [7, 11) is 0. The van der Waals surface area contributed by atoms with Gasteiger partial charge in [-0.15, -0.1) is 0 Å². The van der Waals surface area contributed by atoms with Crippen molar-refractivity contribution >= 4 is 11.6 Å². The second-order valence-electron chi connectivity index (χ2n) is 4.59. The number of halogens is 1. The Hall–Kier alpha value is -1.32. The van der Waals surface area contributed by atoms with Gasteiger partial charge >= 0.3 is 0 Å². The molecule has 0 saturated heterocycles. The quantitative estimate of drug-likeness (QED) is 0.906. The summed E-state index contributed by atoms with van der Waals surface area (Å²) in [5.41, 5.74) is 2.25. The minimum atomic E-state index is 0.0352. The maximum Gasteiger partial charge on any atom is 0.130 e. The van der Waals surface area contributed by atoms with E-state index in [0.29, 0.717) is 0 Å². The molecule has 19 heavy (non-hydrogen) atoms. The zero-order valence-electron chi connectivity index (χ0n) is 11.7. The van der Waals surface area contributed by atoms with Crippen molar-refractivity contribution in [3.05, 3.63) is 52.6 Å². The molecule has 4 heteroatoms. The van der Waals surface area contributed by atoms with Crippen LogP contribution in [0.1, 0.15) is 36.8 Å². The average Bonchev–Trinajstić information content (AvgIpc) is 2.85. The van der Waals surface area contributed by atoms with Crippen LogP contribution < -0.4 is 5.32 Å². The molecule has 1 atom stereocenters. The summed E-state index contributed by atoms with van der Waals surface area (Å²) in [6.45, 7) is 8.02. The van der Waals surface area contributed by atoms with E-state index in [4.69, 9.17) is 11.6 Å². The molecule has 102 valence electrons. The molecule has 2 aromatic rings. The highest BCUT2D eigenvalue weighted by atomic mass is 35.5. The predicted octanol–water partition coefficient (Wildman–Crippen LogP) is 3.56. The Morgan fingerprint density at radius 3 is 2.79 bits per heavy atom. The molecule has 0 amide bonds. The van der Waals surface area contributed by atoms with Gasteiger partial charge in [-0.2, -0.15) is 0 Å². The summed E-state index contributed by atoms with van der Waals surface area (Å²) in [6, 6.07) is 6.21. The second kappa shape index (κ2) is 6.22. The van der Waals surface area contributed by atoms with Crippen LogP contribution in [0.2, 0.25) is 5.02 Å². The molecule has 1 aromatic carbocycles. The van der Waals surface area contributed by atoms with Crippen molar-refractivity contribution in [2.24, 2.45) is 0 Å². The van der Waals surface area contributed by atoms with Crippen molar-refractivity contribution in [2.75, 3.05) is 6.54 Å². The first-order valence-electron chi connectivity index (χ1n) is 6.67. The summed E-state index contributed by atoms with van der Waals surface area (Å²) in [5.74, 6) is 1.01. The zero-order valence-corrected chi connectivity index (χ0v) is 12.4. The minimum Gasteiger partial charge on any atom is -0.334 e. The molecule has 0 aliphatic heterocycles. The molecule has 0 aliphatic carbocycles. The molecule has 0 saturated carbocycles. The van der Waals surface area contributed by atoms with E-state index in [1.807, 2.05) is 25.4 Å². The first-order valence-corrected chi connectivity index (χ1v) is 7.05. The molecule has 2 rings (SSSR count). The number of aryl methyl sites for hydroxylation is 2. The van der Waals surface area contributed by atoms with Gasteiger partial charge in [0.25, 0.3) is 0 Å². The van der Waals surface area contributed by atoms with Crippen molar-refractivity contribution in [1.29, 1.82) is 0 Å². The van der Waals surface area contributed by atoms with Crippen LogP contribution in [0, 0.1) is 6.92 Å². The fraction of sp³-hybridized carbons (Fsp3) is 0.400. The van der Waals surface area contributed by atoms with Crippen LogP contribution in [-0.4, -0.2) is 16.1 Å². The number of hydrogen-bond donors (Lipinski definition) is 1. The smallest absolute Gasteiger partial charge is 0.130 e. The Morgan fingerprint density at radius 2 is 2.16 bits per heavy atom. The van der Waals surface area contributed by atoms with Crippen LogP contribution >= 0.6 is 11.6 Å². The molecule has 0 aliphatic rings. The highest BCUT2D eigenvalue weighted by Gasteiger charge is 2.20. The number of rotatable bonds is 5. The van der Waals surface area contributed by atoms with Gasteiger partial charge in [0.15, 0.2) is 0 Å². The van der Waals surface area contributed by atoms with E-state index in [1.165, 1.54) is 5.56 Å². The van der Waals surface area contributed by atoms with Crippen molar-refractivity contribution in [1.82, 2.24) is 14.9 Å². The van der Waals surface area contributed by atoms with Gasteiger partial charge in [-0.05, 0) is 37.6 Å². The maximum absolute atomic E-state index is 6.40. The Bertz CT molecular complexity index is 548. The van der Waals surface area contributed by atoms with E-state index in [2.05, 4.69) is 40.8 Å². The number of aromatic nitrogens is 2. The number of hydrogen-bond acceptors (Lipinski definition) is 2. The Labute approximate surface area is 119 Å². The Balaban J connectivity index is 2.45. The average molecular weight is 278 g/mol. The monoisotopic (exact) mass is 277 g/mol. The lowest BCUT2D eigenvalue weighted by Gasteiger charge is -2.20. The van der Waals surface area contributed by atoms with Gasteiger partial charge in [0.05, 0.1) is 6.04 Å². The molecule has 1 heterocycles. The van der Waals surface area contributed by atoms with Crippen LogP contribution in [0.3, 0.4) is 0 Å². The SMILES string of the molecule is CCNC(c1ccc(C)cc1Cl)c1nccn1CC. The van der Waals surface area contributed by atoms with Crippen LogP contribution in [0.15, 0.2) is 30.6 Å². The maximum atomic E-state index is 6.40. The largest absolute Gasteiger partial charge is 0.334 e. The topological polar surface area (TPSA) is 29.9 Å². The van der Waals surface area contributed by atoms with Crippen LogP contribution in [0.4, 0.5) is 0 Å². The first kappa shape index (κ1) is 14.1. The summed E-state index contributed by atoms with van der Waals surface area (Å²) < 4.78 is 2.14. The molecule has 0 spiro atoms. The third-order valence-corrected chi connectivity index (χ3v) is 3.55. The van der Waals surface area contributed by atoms with Gasteiger partial charge in [-0.25, -0.2) is 4.98 Å². The summed E-state index contributed by atoms with van der Waals surface area (Å²) in [4.78, 5) is 4.49. The molecule has 1 aromatic heterocycles. The normalized spacial score (nSPS) is 12.6. The van der Waals surface area contributed by atoms with Crippen molar-refractivity contribution in [3.8, 4) is 0 Å². The van der Waals surface area contributed by atoms with E-state index in [0.717, 1.165) is 29.5 Å². The molecular formula is C15H20ClN3. The minimum absolute atomic E-state index is 0.0352. The van der Waals surface area contributed by atoms with Gasteiger partial charge in [0.1, 0.15) is 5.82 Å². The number of nitrogens with zero attached hydrogens (tertiary/aromatic N) is 2. The third kappa shape index (κ3) is 2.99. The number of nitrogens with one attached hydrogen (secondary N) is 1. The summed E-state index contributed by atoms with van der Waals surface area (Å²) in [6.07, 6.45) is 3.84. The fourth-order valence-corrected chi connectivity index (χ4v) is 2.60. The fourth-order valence-electron chi connectivity index (χ4n) is 2.26. The van der Waals surface area contributed by atoms with Gasteiger partial charge in [-0.1, -0.05) is 30.7 Å². The molecule has 3 nitrogen and oxygen atoms in total. The zero-order chi connectivity index (χ0) is 13.8. The summed E-state index contributed by atoms with van der Waals surface area (Å²) in [5, 5.41) is 4.26. The van der Waals surface area contributed by atoms with Crippen molar-refractivity contribution in [2.45, 2.75) is 33.4 Å². The third-order valence-electron chi connectivity index (χ3n) is 3.22. The van der Waals surface area contributed by atoms with Gasteiger partial charge in [0, 0.05) is 24.0 Å². The van der Waals surface area contributed by atoms with Gasteiger partial charge < -0.3 is 9.88 Å². The van der Waals surface area contributed by atoms with Gasteiger partial charge in [0.2, 0.25) is 0 Å². The Kier molecular flexibility index (Phi) is 4.61. The van der Waals surface area contributed by atoms with E-state index >= 15 is 0 Å². The molecular weight excluding hydrogens is 258 g/mol. The van der Waals surface area contributed by atoms with Crippen LogP contribution in [0.25, 0.3) is 0 Å². The summed E-state index contributed by atoms with van der Waals surface area (Å²) >= 11 is 6.40. The molecule has 1 N–H and O–H groups in total. The van der Waals surface area contributed by atoms with E-state index in [-0.39, 0.29) is 6.04 Å². The molecule has 0 fully saturated rings. The van der Waals surface area contributed by atoms with Crippen LogP contribution in [-0.2, 0) is 6.54 Å². The van der Waals surface area contributed by atoms with Crippen molar-refractivity contribution < 1.29 is 0 Å². The predicted molar refractivity (Wildman–Crippen MR) is 79.6 cm³/mol. The highest BCUT2D eigenvalue weighted by molar-refractivity contribution is 6.31.